The third-order valence-corrected chi connectivity index (χ3v) is 3.22. The van der Waals surface area contributed by atoms with Crippen molar-refractivity contribution in [2.24, 2.45) is 0 Å². The molecule has 1 aromatic heterocycles. The van der Waals surface area contributed by atoms with Crippen LogP contribution >= 0.6 is 11.8 Å². The SMILES string of the molecule is CCOc1ccc(C(=O)Nc2cccc(SC)c2)nn1. The van der Waals surface area contributed by atoms with E-state index in [0.29, 0.717) is 12.5 Å². The first kappa shape index (κ1) is 14.3. The van der Waals surface area contributed by atoms with E-state index in [0.717, 1.165) is 10.6 Å². The molecule has 0 spiro atoms. The van der Waals surface area contributed by atoms with Crippen LogP contribution < -0.4 is 10.1 Å². The summed E-state index contributed by atoms with van der Waals surface area (Å²) in [5.41, 5.74) is 0.987. The van der Waals surface area contributed by atoms with Crippen LogP contribution in [-0.2, 0) is 0 Å². The van der Waals surface area contributed by atoms with Gasteiger partial charge in [-0.2, -0.15) is 0 Å². The maximum Gasteiger partial charge on any atom is 0.276 e. The predicted molar refractivity (Wildman–Crippen MR) is 79.4 cm³/mol. The zero-order valence-electron chi connectivity index (χ0n) is 11.3. The largest absolute Gasteiger partial charge is 0.477 e. The maximum absolute atomic E-state index is 12.0. The molecule has 20 heavy (non-hydrogen) atoms. The lowest BCUT2D eigenvalue weighted by atomic mass is 10.3. The first-order valence-electron chi connectivity index (χ1n) is 6.15. The van der Waals surface area contributed by atoms with Crippen LogP contribution in [0.1, 0.15) is 17.4 Å². The number of hydrogen-bond donors (Lipinski definition) is 1. The van der Waals surface area contributed by atoms with E-state index < -0.39 is 0 Å². The molecule has 0 atom stereocenters. The summed E-state index contributed by atoms with van der Waals surface area (Å²) in [6, 6.07) is 10.8. The number of anilines is 1. The van der Waals surface area contributed by atoms with E-state index in [9.17, 15) is 4.79 Å². The highest BCUT2D eigenvalue weighted by Gasteiger charge is 2.09. The topological polar surface area (TPSA) is 64.1 Å². The number of aromatic nitrogens is 2. The molecule has 0 saturated carbocycles. The van der Waals surface area contributed by atoms with Crippen LogP contribution in [0.3, 0.4) is 0 Å². The molecule has 1 aromatic carbocycles. The fourth-order valence-electron chi connectivity index (χ4n) is 1.56. The highest BCUT2D eigenvalue weighted by molar-refractivity contribution is 7.98. The van der Waals surface area contributed by atoms with E-state index in [1.54, 1.807) is 23.9 Å². The Bertz CT molecular complexity index is 587. The second-order valence-corrected chi connectivity index (χ2v) is 4.76. The lowest BCUT2D eigenvalue weighted by Crippen LogP contribution is -2.14. The highest BCUT2D eigenvalue weighted by Crippen LogP contribution is 2.19. The van der Waals surface area contributed by atoms with Gasteiger partial charge in [-0.3, -0.25) is 4.79 Å². The molecule has 1 amide bonds. The van der Waals surface area contributed by atoms with Gasteiger partial charge in [0.2, 0.25) is 5.88 Å². The van der Waals surface area contributed by atoms with Crippen molar-refractivity contribution in [2.45, 2.75) is 11.8 Å². The smallest absolute Gasteiger partial charge is 0.276 e. The molecule has 0 aliphatic rings. The Morgan fingerprint density at radius 2 is 2.15 bits per heavy atom. The van der Waals surface area contributed by atoms with Gasteiger partial charge in [-0.25, -0.2) is 0 Å². The van der Waals surface area contributed by atoms with E-state index in [-0.39, 0.29) is 11.6 Å². The van der Waals surface area contributed by atoms with Crippen molar-refractivity contribution in [3.63, 3.8) is 0 Å². The quantitative estimate of drug-likeness (QED) is 0.857. The van der Waals surface area contributed by atoms with Gasteiger partial charge >= 0.3 is 0 Å². The molecule has 0 fully saturated rings. The second kappa shape index (κ2) is 6.91. The Hall–Kier alpha value is -2.08. The number of ether oxygens (including phenoxy) is 1. The Labute approximate surface area is 121 Å². The van der Waals surface area contributed by atoms with Crippen LogP contribution in [-0.4, -0.2) is 29.0 Å². The second-order valence-electron chi connectivity index (χ2n) is 3.88. The number of thioether (sulfide) groups is 1. The molecule has 2 rings (SSSR count). The number of amides is 1. The minimum absolute atomic E-state index is 0.253. The fraction of sp³-hybridized carbons (Fsp3) is 0.214. The third kappa shape index (κ3) is 3.71. The number of benzene rings is 1. The normalized spacial score (nSPS) is 10.1. The molecule has 0 aliphatic carbocycles. The lowest BCUT2D eigenvalue weighted by molar-refractivity contribution is 0.102. The van der Waals surface area contributed by atoms with Gasteiger partial charge in [0.1, 0.15) is 0 Å². The van der Waals surface area contributed by atoms with Gasteiger partial charge in [-0.05, 0) is 37.4 Å². The number of carbonyl (C=O) groups is 1. The summed E-state index contributed by atoms with van der Waals surface area (Å²) in [6.45, 7) is 2.38. The van der Waals surface area contributed by atoms with Gasteiger partial charge in [0.15, 0.2) is 5.69 Å². The van der Waals surface area contributed by atoms with Crippen LogP contribution in [0.4, 0.5) is 5.69 Å². The average Bonchev–Trinajstić information content (AvgIpc) is 2.48. The van der Waals surface area contributed by atoms with Crippen molar-refractivity contribution in [1.29, 1.82) is 0 Å². The first-order valence-corrected chi connectivity index (χ1v) is 7.37. The molecule has 6 heteroatoms. The highest BCUT2D eigenvalue weighted by atomic mass is 32.2. The molecular weight excluding hydrogens is 274 g/mol. The van der Waals surface area contributed by atoms with E-state index in [1.165, 1.54) is 0 Å². The predicted octanol–water partition coefficient (Wildman–Crippen LogP) is 2.85. The van der Waals surface area contributed by atoms with Crippen molar-refractivity contribution < 1.29 is 9.53 Å². The fourth-order valence-corrected chi connectivity index (χ4v) is 2.02. The Morgan fingerprint density at radius 3 is 2.80 bits per heavy atom. The third-order valence-electron chi connectivity index (χ3n) is 2.49. The van der Waals surface area contributed by atoms with Crippen LogP contribution in [0, 0.1) is 0 Å². The molecule has 0 saturated heterocycles. The van der Waals surface area contributed by atoms with E-state index in [2.05, 4.69) is 15.5 Å². The van der Waals surface area contributed by atoms with Crippen molar-refractivity contribution in [3.8, 4) is 5.88 Å². The van der Waals surface area contributed by atoms with Gasteiger partial charge in [0.05, 0.1) is 6.61 Å². The monoisotopic (exact) mass is 289 g/mol. The molecule has 0 radical (unpaired) electrons. The van der Waals surface area contributed by atoms with Gasteiger partial charge in [0, 0.05) is 16.6 Å². The van der Waals surface area contributed by atoms with Crippen LogP contribution in [0.5, 0.6) is 5.88 Å². The number of carbonyl (C=O) groups excluding carboxylic acids is 1. The van der Waals surface area contributed by atoms with E-state index in [4.69, 9.17) is 4.74 Å². The van der Waals surface area contributed by atoms with Crippen LogP contribution in [0.2, 0.25) is 0 Å². The lowest BCUT2D eigenvalue weighted by Gasteiger charge is -2.06. The Morgan fingerprint density at radius 1 is 1.30 bits per heavy atom. The molecule has 1 heterocycles. The zero-order valence-corrected chi connectivity index (χ0v) is 12.1. The van der Waals surface area contributed by atoms with Crippen molar-refractivity contribution in [1.82, 2.24) is 10.2 Å². The number of hydrogen-bond acceptors (Lipinski definition) is 5. The number of nitrogens with one attached hydrogen (secondary N) is 1. The summed E-state index contributed by atoms with van der Waals surface area (Å²) < 4.78 is 5.18. The first-order chi connectivity index (χ1) is 9.72. The van der Waals surface area contributed by atoms with Crippen molar-refractivity contribution >= 4 is 23.4 Å². The summed E-state index contributed by atoms with van der Waals surface area (Å²) in [4.78, 5) is 13.1. The molecule has 2 aromatic rings. The maximum atomic E-state index is 12.0. The summed E-state index contributed by atoms with van der Waals surface area (Å²) in [6.07, 6.45) is 1.98. The molecule has 0 aliphatic heterocycles. The molecule has 0 bridgehead atoms. The van der Waals surface area contributed by atoms with E-state index >= 15 is 0 Å². The number of rotatable bonds is 5. The summed E-state index contributed by atoms with van der Waals surface area (Å²) in [7, 11) is 0. The van der Waals surface area contributed by atoms with Gasteiger partial charge in [-0.1, -0.05) is 6.07 Å². The Kier molecular flexibility index (Phi) is 4.95. The summed E-state index contributed by atoms with van der Waals surface area (Å²) in [5.74, 6) is 0.118. The Balaban J connectivity index is 2.07. The van der Waals surface area contributed by atoms with Crippen molar-refractivity contribution in [3.05, 3.63) is 42.1 Å². The van der Waals surface area contributed by atoms with Gasteiger partial charge in [0.25, 0.3) is 5.91 Å². The van der Waals surface area contributed by atoms with Gasteiger partial charge < -0.3 is 10.1 Å². The molecule has 104 valence electrons. The van der Waals surface area contributed by atoms with Crippen molar-refractivity contribution in [2.75, 3.05) is 18.2 Å². The standard InChI is InChI=1S/C14H15N3O2S/c1-3-19-13-8-7-12(16-17-13)14(18)15-10-5-4-6-11(9-10)20-2/h4-9H,3H2,1-2H3,(H,15,18). The van der Waals surface area contributed by atoms with Gasteiger partial charge in [-0.15, -0.1) is 22.0 Å². The number of nitrogens with zero attached hydrogens (tertiary/aromatic N) is 2. The average molecular weight is 289 g/mol. The molecule has 1 N–H and O–H groups in total. The zero-order chi connectivity index (χ0) is 14.4. The minimum atomic E-state index is -0.293. The molecular formula is C14H15N3O2S. The summed E-state index contributed by atoms with van der Waals surface area (Å²) in [5, 5.41) is 10.5. The van der Waals surface area contributed by atoms with Crippen LogP contribution in [0.15, 0.2) is 41.3 Å². The molecule has 0 unspecified atom stereocenters. The summed E-state index contributed by atoms with van der Waals surface area (Å²) >= 11 is 1.62. The minimum Gasteiger partial charge on any atom is -0.477 e. The van der Waals surface area contributed by atoms with Crippen LogP contribution in [0.25, 0.3) is 0 Å². The molecule has 5 nitrogen and oxygen atoms in total. The van der Waals surface area contributed by atoms with E-state index in [1.807, 2.05) is 37.4 Å².